The van der Waals surface area contributed by atoms with E-state index in [0.29, 0.717) is 32.7 Å². The first-order valence-corrected chi connectivity index (χ1v) is 5.52. The van der Waals surface area contributed by atoms with Crippen LogP contribution in [-0.4, -0.2) is 56.5 Å². The summed E-state index contributed by atoms with van der Waals surface area (Å²) in [6.07, 6.45) is 1.23. The molecule has 1 amide bonds. The largest absolute Gasteiger partial charge is 0.462 e. The van der Waals surface area contributed by atoms with Gasteiger partial charge in [-0.05, 0) is 0 Å². The van der Waals surface area contributed by atoms with Gasteiger partial charge < -0.3 is 19.1 Å². The Morgan fingerprint density at radius 3 is 2.53 bits per heavy atom. The maximum atomic E-state index is 11.5. The van der Waals surface area contributed by atoms with Crippen molar-refractivity contribution in [2.24, 2.45) is 0 Å². The quantitative estimate of drug-likeness (QED) is 0.401. The molecule has 1 aliphatic rings. The maximum absolute atomic E-state index is 11.5. The van der Waals surface area contributed by atoms with Crippen LogP contribution in [0.2, 0.25) is 0 Å². The summed E-state index contributed by atoms with van der Waals surface area (Å²) in [4.78, 5) is 23.8. The predicted octanol–water partition coefficient (Wildman–Crippen LogP) is 0.574. The van der Waals surface area contributed by atoms with Gasteiger partial charge in [-0.3, -0.25) is 0 Å². The van der Waals surface area contributed by atoms with E-state index in [4.69, 9.17) is 14.2 Å². The summed E-state index contributed by atoms with van der Waals surface area (Å²) in [5, 5.41) is 0. The molecule has 0 aromatic heterocycles. The van der Waals surface area contributed by atoms with Crippen molar-refractivity contribution in [1.29, 1.82) is 0 Å². The lowest BCUT2D eigenvalue weighted by Gasteiger charge is -2.25. The van der Waals surface area contributed by atoms with Crippen molar-refractivity contribution in [3.63, 3.8) is 0 Å². The zero-order chi connectivity index (χ0) is 12.5. The number of hydrogen-bond donors (Lipinski definition) is 0. The van der Waals surface area contributed by atoms with Crippen molar-refractivity contribution >= 4 is 12.1 Å². The molecule has 1 aliphatic heterocycles. The van der Waals surface area contributed by atoms with E-state index in [1.165, 1.54) is 0 Å². The molecular formula is C11H17NO5. The van der Waals surface area contributed by atoms with Gasteiger partial charge in [0.25, 0.3) is 0 Å². The fourth-order valence-corrected chi connectivity index (χ4v) is 1.29. The Hall–Kier alpha value is -1.56. The van der Waals surface area contributed by atoms with E-state index in [0.717, 1.165) is 6.08 Å². The molecule has 0 spiro atoms. The maximum Gasteiger partial charge on any atom is 0.409 e. The minimum atomic E-state index is -0.468. The van der Waals surface area contributed by atoms with Crippen molar-refractivity contribution in [2.45, 2.75) is 6.42 Å². The van der Waals surface area contributed by atoms with Gasteiger partial charge in [0.15, 0.2) is 0 Å². The molecule has 0 saturated carbocycles. The fraction of sp³-hybridized carbons (Fsp3) is 0.636. The third-order valence-corrected chi connectivity index (χ3v) is 2.19. The molecule has 0 N–H and O–H groups in total. The van der Waals surface area contributed by atoms with Crippen LogP contribution in [0.4, 0.5) is 4.79 Å². The first-order chi connectivity index (χ1) is 8.24. The van der Waals surface area contributed by atoms with Crippen LogP contribution in [-0.2, 0) is 19.0 Å². The van der Waals surface area contributed by atoms with Crippen LogP contribution in [0, 0.1) is 0 Å². The molecule has 0 unspecified atom stereocenters. The monoisotopic (exact) mass is 243 g/mol. The summed E-state index contributed by atoms with van der Waals surface area (Å²) in [5.41, 5.74) is 0. The van der Waals surface area contributed by atoms with Gasteiger partial charge in [-0.1, -0.05) is 6.58 Å². The molecule has 6 nitrogen and oxygen atoms in total. The topological polar surface area (TPSA) is 65.1 Å². The summed E-state index contributed by atoms with van der Waals surface area (Å²) in [7, 11) is 0. The van der Waals surface area contributed by atoms with E-state index in [9.17, 15) is 9.59 Å². The molecule has 0 atom stereocenters. The van der Waals surface area contributed by atoms with Gasteiger partial charge in [-0.15, -0.1) is 0 Å². The van der Waals surface area contributed by atoms with E-state index in [-0.39, 0.29) is 19.3 Å². The van der Waals surface area contributed by atoms with Gasteiger partial charge in [0.2, 0.25) is 0 Å². The van der Waals surface area contributed by atoms with Gasteiger partial charge in [0.1, 0.15) is 0 Å². The lowest BCUT2D eigenvalue weighted by molar-refractivity contribution is -0.138. The second-order valence-electron chi connectivity index (χ2n) is 3.44. The van der Waals surface area contributed by atoms with Crippen LogP contribution in [0.5, 0.6) is 0 Å². The molecule has 17 heavy (non-hydrogen) atoms. The van der Waals surface area contributed by atoms with Crippen molar-refractivity contribution in [2.75, 3.05) is 39.5 Å². The third kappa shape index (κ3) is 5.35. The number of ether oxygens (including phenoxy) is 3. The molecule has 1 rings (SSSR count). The fourth-order valence-electron chi connectivity index (χ4n) is 1.29. The Balaban J connectivity index is 2.03. The summed E-state index contributed by atoms with van der Waals surface area (Å²) in [6.45, 7) is 5.95. The first-order valence-electron chi connectivity index (χ1n) is 5.52. The Bertz CT molecular complexity index is 273. The highest BCUT2D eigenvalue weighted by atomic mass is 16.6. The SMILES string of the molecule is C=CC(=O)OCCCOC(=O)N1CCOCC1. The summed E-state index contributed by atoms with van der Waals surface area (Å²) >= 11 is 0. The van der Waals surface area contributed by atoms with Gasteiger partial charge in [-0.2, -0.15) is 0 Å². The van der Waals surface area contributed by atoms with Crippen LogP contribution in [0.3, 0.4) is 0 Å². The average Bonchev–Trinajstić information content (AvgIpc) is 2.38. The van der Waals surface area contributed by atoms with Gasteiger partial charge in [0, 0.05) is 25.6 Å². The number of esters is 1. The van der Waals surface area contributed by atoms with E-state index in [1.54, 1.807) is 4.90 Å². The molecule has 0 aromatic carbocycles. The molecule has 1 fully saturated rings. The summed E-state index contributed by atoms with van der Waals surface area (Å²) in [6, 6.07) is 0. The number of morpholine rings is 1. The highest BCUT2D eigenvalue weighted by Crippen LogP contribution is 2.00. The standard InChI is InChI=1S/C11H17NO5/c1-2-10(13)16-6-3-7-17-11(14)12-4-8-15-9-5-12/h2H,1,3-9H2. The Labute approximate surface area is 100 Å². The molecule has 0 radical (unpaired) electrons. The zero-order valence-electron chi connectivity index (χ0n) is 9.72. The summed E-state index contributed by atoms with van der Waals surface area (Å²) < 4.78 is 14.9. The molecule has 96 valence electrons. The molecule has 6 heteroatoms. The number of rotatable bonds is 5. The molecule has 0 aromatic rings. The molecule has 0 aliphatic carbocycles. The zero-order valence-corrected chi connectivity index (χ0v) is 9.72. The number of amides is 1. The van der Waals surface area contributed by atoms with Crippen LogP contribution in [0.25, 0.3) is 0 Å². The molecule has 0 bridgehead atoms. The van der Waals surface area contributed by atoms with Gasteiger partial charge in [-0.25, -0.2) is 9.59 Å². The first kappa shape index (κ1) is 13.5. The highest BCUT2D eigenvalue weighted by Gasteiger charge is 2.17. The Morgan fingerprint density at radius 1 is 1.24 bits per heavy atom. The van der Waals surface area contributed by atoms with Crippen LogP contribution >= 0.6 is 0 Å². The van der Waals surface area contributed by atoms with E-state index < -0.39 is 5.97 Å². The van der Waals surface area contributed by atoms with Crippen molar-refractivity contribution in [1.82, 2.24) is 4.90 Å². The number of carbonyl (C=O) groups excluding carboxylic acids is 2. The average molecular weight is 243 g/mol. The Morgan fingerprint density at radius 2 is 1.88 bits per heavy atom. The number of hydrogen-bond acceptors (Lipinski definition) is 5. The van der Waals surface area contributed by atoms with Crippen molar-refractivity contribution in [3.8, 4) is 0 Å². The van der Waals surface area contributed by atoms with Crippen molar-refractivity contribution in [3.05, 3.63) is 12.7 Å². The number of carbonyl (C=O) groups is 2. The van der Waals surface area contributed by atoms with Gasteiger partial charge >= 0.3 is 12.1 Å². The summed E-state index contributed by atoms with van der Waals surface area (Å²) in [5.74, 6) is -0.468. The van der Waals surface area contributed by atoms with E-state index in [1.807, 2.05) is 0 Å². The third-order valence-electron chi connectivity index (χ3n) is 2.19. The van der Waals surface area contributed by atoms with Crippen LogP contribution in [0.15, 0.2) is 12.7 Å². The second kappa shape index (κ2) is 7.67. The van der Waals surface area contributed by atoms with Crippen LogP contribution in [0.1, 0.15) is 6.42 Å². The smallest absolute Gasteiger partial charge is 0.409 e. The van der Waals surface area contributed by atoms with E-state index in [2.05, 4.69) is 6.58 Å². The molecule has 1 saturated heterocycles. The highest BCUT2D eigenvalue weighted by molar-refractivity contribution is 5.81. The van der Waals surface area contributed by atoms with Crippen LogP contribution < -0.4 is 0 Å². The second-order valence-corrected chi connectivity index (χ2v) is 3.44. The van der Waals surface area contributed by atoms with E-state index >= 15 is 0 Å². The molecular weight excluding hydrogens is 226 g/mol. The Kier molecular flexibility index (Phi) is 6.09. The lowest BCUT2D eigenvalue weighted by atomic mass is 10.4. The molecule has 1 heterocycles. The van der Waals surface area contributed by atoms with Crippen molar-refractivity contribution < 1.29 is 23.8 Å². The normalized spacial score (nSPS) is 15.2. The van der Waals surface area contributed by atoms with Gasteiger partial charge in [0.05, 0.1) is 26.4 Å². The minimum absolute atomic E-state index is 0.223. The number of nitrogens with zero attached hydrogens (tertiary/aromatic N) is 1. The minimum Gasteiger partial charge on any atom is -0.462 e. The predicted molar refractivity (Wildman–Crippen MR) is 59.5 cm³/mol. The lowest BCUT2D eigenvalue weighted by Crippen LogP contribution is -2.41.